The summed E-state index contributed by atoms with van der Waals surface area (Å²) in [6.07, 6.45) is 6.15. The number of thioether (sulfide) groups is 1. The van der Waals surface area contributed by atoms with E-state index >= 15 is 0 Å². The number of rotatable bonds is 3. The Morgan fingerprint density at radius 1 is 1.30 bits per heavy atom. The van der Waals surface area contributed by atoms with E-state index in [-0.39, 0.29) is 4.75 Å². The van der Waals surface area contributed by atoms with Gasteiger partial charge in [0.1, 0.15) is 0 Å². The molecule has 1 heterocycles. The standard InChI is InChI=1S/C17H22N2S/c1-12-8-10-13(11-9-12)17(2,3)20-16-18-14-6-4-5-7-15(14)19-16/h4-8,13H,9-11H2,1-3H3,(H,18,19). The van der Waals surface area contributed by atoms with Gasteiger partial charge in [0.2, 0.25) is 0 Å². The zero-order valence-electron chi connectivity index (χ0n) is 12.4. The predicted octanol–water partition coefficient (Wildman–Crippen LogP) is 5.18. The number of nitrogens with one attached hydrogen (secondary N) is 1. The van der Waals surface area contributed by atoms with E-state index in [4.69, 9.17) is 4.98 Å². The number of H-pyrrole nitrogens is 1. The van der Waals surface area contributed by atoms with E-state index in [1.165, 1.54) is 19.3 Å². The summed E-state index contributed by atoms with van der Waals surface area (Å²) in [6.45, 7) is 6.95. The van der Waals surface area contributed by atoms with Crippen molar-refractivity contribution in [1.82, 2.24) is 9.97 Å². The largest absolute Gasteiger partial charge is 0.333 e. The minimum atomic E-state index is 0.213. The maximum atomic E-state index is 4.70. The normalized spacial score (nSPS) is 20.1. The second kappa shape index (κ2) is 5.28. The molecule has 1 aromatic carbocycles. The van der Waals surface area contributed by atoms with Gasteiger partial charge in [0, 0.05) is 4.75 Å². The second-order valence-electron chi connectivity index (χ2n) is 6.29. The highest BCUT2D eigenvalue weighted by Gasteiger charge is 2.32. The van der Waals surface area contributed by atoms with Crippen molar-refractivity contribution in [3.05, 3.63) is 35.9 Å². The number of aromatic amines is 1. The molecule has 0 fully saturated rings. The zero-order valence-corrected chi connectivity index (χ0v) is 13.3. The van der Waals surface area contributed by atoms with Gasteiger partial charge < -0.3 is 4.98 Å². The summed E-state index contributed by atoms with van der Waals surface area (Å²) in [5, 5.41) is 1.04. The fourth-order valence-corrected chi connectivity index (χ4v) is 4.09. The van der Waals surface area contributed by atoms with Crippen LogP contribution in [0.3, 0.4) is 0 Å². The number of nitrogens with zero attached hydrogens (tertiary/aromatic N) is 1. The number of hydrogen-bond acceptors (Lipinski definition) is 2. The number of benzene rings is 1. The van der Waals surface area contributed by atoms with Crippen LogP contribution in [-0.2, 0) is 0 Å². The van der Waals surface area contributed by atoms with Crippen molar-refractivity contribution in [2.75, 3.05) is 0 Å². The highest BCUT2D eigenvalue weighted by atomic mass is 32.2. The van der Waals surface area contributed by atoms with Crippen LogP contribution in [0.1, 0.15) is 40.0 Å². The fourth-order valence-electron chi connectivity index (χ4n) is 2.91. The Kier molecular flexibility index (Phi) is 3.63. The van der Waals surface area contributed by atoms with Crippen LogP contribution in [0.25, 0.3) is 11.0 Å². The predicted molar refractivity (Wildman–Crippen MR) is 87.1 cm³/mol. The number of para-hydroxylation sites is 2. The molecule has 2 aromatic rings. The molecule has 2 nitrogen and oxygen atoms in total. The van der Waals surface area contributed by atoms with E-state index in [1.807, 2.05) is 17.8 Å². The van der Waals surface area contributed by atoms with Crippen molar-refractivity contribution in [1.29, 1.82) is 0 Å². The Morgan fingerprint density at radius 3 is 2.80 bits per heavy atom. The van der Waals surface area contributed by atoms with Crippen molar-refractivity contribution in [3.63, 3.8) is 0 Å². The lowest BCUT2D eigenvalue weighted by Gasteiger charge is -2.34. The summed E-state index contributed by atoms with van der Waals surface area (Å²) in [4.78, 5) is 8.14. The van der Waals surface area contributed by atoms with Gasteiger partial charge in [-0.3, -0.25) is 0 Å². The molecule has 0 saturated heterocycles. The van der Waals surface area contributed by atoms with Crippen LogP contribution in [0.4, 0.5) is 0 Å². The maximum absolute atomic E-state index is 4.70. The summed E-state index contributed by atoms with van der Waals surface area (Å²) in [6, 6.07) is 8.24. The summed E-state index contributed by atoms with van der Waals surface area (Å²) in [5.74, 6) is 0.726. The van der Waals surface area contributed by atoms with Crippen LogP contribution >= 0.6 is 11.8 Å². The van der Waals surface area contributed by atoms with Crippen molar-refractivity contribution in [2.24, 2.45) is 5.92 Å². The summed E-state index contributed by atoms with van der Waals surface area (Å²) >= 11 is 1.88. The average Bonchev–Trinajstić information content (AvgIpc) is 2.80. The van der Waals surface area contributed by atoms with Crippen LogP contribution in [-0.4, -0.2) is 14.7 Å². The Labute approximate surface area is 125 Å². The molecule has 1 aliphatic carbocycles. The van der Waals surface area contributed by atoms with E-state index in [9.17, 15) is 0 Å². The van der Waals surface area contributed by atoms with Crippen LogP contribution in [0.2, 0.25) is 0 Å². The molecular formula is C17H22N2S. The molecule has 3 heteroatoms. The number of hydrogen-bond donors (Lipinski definition) is 1. The monoisotopic (exact) mass is 286 g/mol. The molecule has 0 amide bonds. The van der Waals surface area contributed by atoms with Gasteiger partial charge in [-0.05, 0) is 58.1 Å². The van der Waals surface area contributed by atoms with Gasteiger partial charge in [0.05, 0.1) is 11.0 Å². The highest BCUT2D eigenvalue weighted by Crippen LogP contribution is 2.43. The van der Waals surface area contributed by atoms with Gasteiger partial charge in [0.25, 0.3) is 0 Å². The molecule has 1 atom stereocenters. The van der Waals surface area contributed by atoms with Crippen molar-refractivity contribution >= 4 is 22.8 Å². The van der Waals surface area contributed by atoms with Crippen LogP contribution in [0, 0.1) is 5.92 Å². The quantitative estimate of drug-likeness (QED) is 0.622. The van der Waals surface area contributed by atoms with Crippen molar-refractivity contribution < 1.29 is 0 Å². The first kappa shape index (κ1) is 13.7. The van der Waals surface area contributed by atoms with E-state index in [2.05, 4.69) is 50.0 Å². The Morgan fingerprint density at radius 2 is 2.10 bits per heavy atom. The van der Waals surface area contributed by atoms with E-state index < -0.39 is 0 Å². The molecular weight excluding hydrogens is 264 g/mol. The van der Waals surface area contributed by atoms with Gasteiger partial charge in [-0.2, -0.15) is 0 Å². The molecule has 3 rings (SSSR count). The molecule has 0 bridgehead atoms. The first-order chi connectivity index (χ1) is 9.54. The Hall–Kier alpha value is -1.22. The molecule has 0 aliphatic heterocycles. The molecule has 0 spiro atoms. The van der Waals surface area contributed by atoms with Crippen LogP contribution in [0.15, 0.2) is 41.1 Å². The minimum Gasteiger partial charge on any atom is -0.333 e. The van der Waals surface area contributed by atoms with Crippen LogP contribution < -0.4 is 0 Å². The molecule has 0 saturated carbocycles. The minimum absolute atomic E-state index is 0.213. The van der Waals surface area contributed by atoms with Gasteiger partial charge in [0.15, 0.2) is 5.16 Å². The molecule has 0 radical (unpaired) electrons. The van der Waals surface area contributed by atoms with Crippen LogP contribution in [0.5, 0.6) is 0 Å². The van der Waals surface area contributed by atoms with Crippen molar-refractivity contribution in [3.8, 4) is 0 Å². The van der Waals surface area contributed by atoms with Crippen molar-refractivity contribution in [2.45, 2.75) is 49.9 Å². The third-order valence-corrected chi connectivity index (χ3v) is 5.59. The first-order valence-corrected chi connectivity index (χ1v) is 8.15. The first-order valence-electron chi connectivity index (χ1n) is 7.34. The summed E-state index contributed by atoms with van der Waals surface area (Å²) < 4.78 is 0.213. The zero-order chi connectivity index (χ0) is 14.2. The van der Waals surface area contributed by atoms with Gasteiger partial charge in [-0.1, -0.05) is 35.5 Å². The number of imidazole rings is 1. The number of fused-ring (bicyclic) bond motifs is 1. The topological polar surface area (TPSA) is 28.7 Å². The van der Waals surface area contributed by atoms with E-state index in [1.54, 1.807) is 5.57 Å². The lowest BCUT2D eigenvalue weighted by atomic mass is 9.82. The lowest BCUT2D eigenvalue weighted by molar-refractivity contribution is 0.384. The maximum Gasteiger partial charge on any atom is 0.166 e. The fraction of sp³-hybridized carbons (Fsp3) is 0.471. The summed E-state index contributed by atoms with van der Waals surface area (Å²) in [5.41, 5.74) is 3.74. The SMILES string of the molecule is CC1=CCC(C(C)(C)Sc2nc3ccccc3[nH]2)CC1. The van der Waals surface area contributed by atoms with Gasteiger partial charge in [-0.15, -0.1) is 0 Å². The number of allylic oxidation sites excluding steroid dienone is 2. The highest BCUT2D eigenvalue weighted by molar-refractivity contribution is 8.00. The Balaban J connectivity index is 1.78. The third-order valence-electron chi connectivity index (χ3n) is 4.35. The second-order valence-corrected chi connectivity index (χ2v) is 7.93. The molecule has 1 unspecified atom stereocenters. The molecule has 106 valence electrons. The van der Waals surface area contributed by atoms with E-state index in [0.29, 0.717) is 0 Å². The van der Waals surface area contributed by atoms with E-state index in [0.717, 1.165) is 22.1 Å². The van der Waals surface area contributed by atoms with Gasteiger partial charge >= 0.3 is 0 Å². The molecule has 1 N–H and O–H groups in total. The molecule has 1 aromatic heterocycles. The summed E-state index contributed by atoms with van der Waals surface area (Å²) in [7, 11) is 0. The van der Waals surface area contributed by atoms with Gasteiger partial charge in [-0.25, -0.2) is 4.98 Å². The number of aromatic nitrogens is 2. The average molecular weight is 286 g/mol. The molecule has 1 aliphatic rings. The third kappa shape index (κ3) is 2.78. The lowest BCUT2D eigenvalue weighted by Crippen LogP contribution is -2.28. The Bertz CT molecular complexity index is 606. The molecule has 20 heavy (non-hydrogen) atoms. The smallest absolute Gasteiger partial charge is 0.166 e.